The maximum atomic E-state index is 13.0. The van der Waals surface area contributed by atoms with Crippen molar-refractivity contribution in [3.8, 4) is 5.75 Å². The molecule has 9 heteroatoms. The second-order valence-corrected chi connectivity index (χ2v) is 7.12. The summed E-state index contributed by atoms with van der Waals surface area (Å²) in [6.45, 7) is 0. The summed E-state index contributed by atoms with van der Waals surface area (Å²) in [5.41, 5.74) is 1.33. The van der Waals surface area contributed by atoms with Crippen molar-refractivity contribution in [3.63, 3.8) is 0 Å². The summed E-state index contributed by atoms with van der Waals surface area (Å²) in [5, 5.41) is 10.1. The Bertz CT molecular complexity index is 1040. The maximum absolute atomic E-state index is 13.0. The number of hydrogen-bond donors (Lipinski definition) is 3. The van der Waals surface area contributed by atoms with Crippen LogP contribution in [-0.2, 0) is 0 Å². The van der Waals surface area contributed by atoms with Gasteiger partial charge >= 0.3 is 0 Å². The zero-order valence-electron chi connectivity index (χ0n) is 15.2. The lowest BCUT2D eigenvalue weighted by molar-refractivity contribution is 0.0976. The largest absolute Gasteiger partial charge is 0.494 e. The van der Waals surface area contributed by atoms with Gasteiger partial charge in [0.15, 0.2) is 5.11 Å². The van der Waals surface area contributed by atoms with Crippen LogP contribution in [0, 0.1) is 5.82 Å². The molecule has 2 aromatic carbocycles. The molecule has 0 fully saturated rings. The average Bonchev–Trinajstić information content (AvgIpc) is 3.24. The van der Waals surface area contributed by atoms with Crippen LogP contribution in [0.5, 0.6) is 5.75 Å². The number of thiophene rings is 1. The predicted molar refractivity (Wildman–Crippen MR) is 115 cm³/mol. The number of ether oxygens (including phenoxy) is 1. The summed E-state index contributed by atoms with van der Waals surface area (Å²) in [4.78, 5) is 24.9. The van der Waals surface area contributed by atoms with E-state index in [0.29, 0.717) is 22.0 Å². The van der Waals surface area contributed by atoms with Crippen LogP contribution in [0.3, 0.4) is 0 Å². The standard InChI is InChI=1S/C20H16FN3O3S2/c1-27-16-11-14(8-9-15(16)23-19(26)17-3-2-10-29-17)22-20(28)24-18(25)12-4-6-13(21)7-5-12/h2-11H,1H3,(H,23,26)(H2,22,24,25,28). The second kappa shape index (κ2) is 9.26. The van der Waals surface area contributed by atoms with Crippen molar-refractivity contribution < 1.29 is 18.7 Å². The lowest BCUT2D eigenvalue weighted by atomic mass is 10.2. The van der Waals surface area contributed by atoms with Crippen molar-refractivity contribution in [2.24, 2.45) is 0 Å². The number of carbonyl (C=O) groups excluding carboxylic acids is 2. The fraction of sp³-hybridized carbons (Fsp3) is 0.0500. The minimum atomic E-state index is -0.464. The zero-order valence-corrected chi connectivity index (χ0v) is 16.8. The number of anilines is 2. The number of thiocarbonyl (C=S) groups is 1. The number of amides is 2. The molecule has 0 atom stereocenters. The highest BCUT2D eigenvalue weighted by Gasteiger charge is 2.13. The molecule has 3 N–H and O–H groups in total. The number of halogens is 1. The van der Waals surface area contributed by atoms with E-state index in [1.807, 2.05) is 5.38 Å². The zero-order chi connectivity index (χ0) is 20.8. The van der Waals surface area contributed by atoms with Crippen LogP contribution >= 0.6 is 23.6 Å². The minimum Gasteiger partial charge on any atom is -0.494 e. The van der Waals surface area contributed by atoms with Gasteiger partial charge in [0, 0.05) is 17.3 Å². The van der Waals surface area contributed by atoms with Crippen molar-refractivity contribution in [2.75, 3.05) is 17.7 Å². The van der Waals surface area contributed by atoms with Gasteiger partial charge < -0.3 is 15.4 Å². The Morgan fingerprint density at radius 2 is 1.79 bits per heavy atom. The first-order valence-electron chi connectivity index (χ1n) is 8.37. The Kier molecular flexibility index (Phi) is 6.53. The lowest BCUT2D eigenvalue weighted by Crippen LogP contribution is -2.34. The van der Waals surface area contributed by atoms with Gasteiger partial charge in [-0.25, -0.2) is 4.39 Å². The van der Waals surface area contributed by atoms with E-state index in [9.17, 15) is 14.0 Å². The van der Waals surface area contributed by atoms with Gasteiger partial charge in [-0.3, -0.25) is 14.9 Å². The Hall–Kier alpha value is -3.30. The number of methoxy groups -OCH3 is 1. The third-order valence-electron chi connectivity index (χ3n) is 3.79. The number of nitrogens with one attached hydrogen (secondary N) is 3. The van der Waals surface area contributed by atoms with Gasteiger partial charge in [-0.15, -0.1) is 11.3 Å². The maximum Gasteiger partial charge on any atom is 0.265 e. The van der Waals surface area contributed by atoms with E-state index in [1.54, 1.807) is 30.3 Å². The van der Waals surface area contributed by atoms with Crippen LogP contribution < -0.4 is 20.7 Å². The Balaban J connectivity index is 1.64. The molecule has 0 unspecified atom stereocenters. The fourth-order valence-corrected chi connectivity index (χ4v) is 3.23. The summed E-state index contributed by atoms with van der Waals surface area (Å²) >= 11 is 6.48. The first-order valence-corrected chi connectivity index (χ1v) is 9.66. The summed E-state index contributed by atoms with van der Waals surface area (Å²) in [6, 6.07) is 13.6. The molecule has 0 aliphatic carbocycles. The topological polar surface area (TPSA) is 79.5 Å². The van der Waals surface area contributed by atoms with Gasteiger partial charge in [-0.2, -0.15) is 0 Å². The summed E-state index contributed by atoms with van der Waals surface area (Å²) < 4.78 is 18.3. The van der Waals surface area contributed by atoms with E-state index in [-0.39, 0.29) is 16.6 Å². The molecule has 0 saturated heterocycles. The number of carbonyl (C=O) groups is 2. The van der Waals surface area contributed by atoms with E-state index >= 15 is 0 Å². The molecule has 0 bridgehead atoms. The van der Waals surface area contributed by atoms with Crippen molar-refractivity contribution in [1.82, 2.24) is 5.32 Å². The van der Waals surface area contributed by atoms with Gasteiger partial charge in [-0.05, 0) is 60.1 Å². The molecule has 3 rings (SSSR count). The van der Waals surface area contributed by atoms with Crippen molar-refractivity contribution in [3.05, 3.63) is 76.2 Å². The van der Waals surface area contributed by atoms with Crippen molar-refractivity contribution in [2.45, 2.75) is 0 Å². The SMILES string of the molecule is COc1cc(NC(=S)NC(=O)c2ccc(F)cc2)ccc1NC(=O)c1cccs1. The van der Waals surface area contributed by atoms with Gasteiger partial charge in [0.25, 0.3) is 11.8 Å². The molecule has 1 heterocycles. The number of rotatable bonds is 5. The second-order valence-electron chi connectivity index (χ2n) is 5.76. The van der Waals surface area contributed by atoms with Gasteiger partial charge in [0.05, 0.1) is 17.7 Å². The molecular weight excluding hydrogens is 413 g/mol. The average molecular weight is 429 g/mol. The summed E-state index contributed by atoms with van der Waals surface area (Å²) in [5.74, 6) is -0.705. The smallest absolute Gasteiger partial charge is 0.265 e. The molecule has 0 aliphatic rings. The van der Waals surface area contributed by atoms with E-state index in [4.69, 9.17) is 17.0 Å². The molecule has 3 aromatic rings. The molecule has 6 nitrogen and oxygen atoms in total. The van der Waals surface area contributed by atoms with Crippen molar-refractivity contribution >= 4 is 51.9 Å². The fourth-order valence-electron chi connectivity index (χ4n) is 2.40. The molecule has 1 aromatic heterocycles. The highest BCUT2D eigenvalue weighted by molar-refractivity contribution is 7.80. The summed E-state index contributed by atoms with van der Waals surface area (Å²) in [7, 11) is 1.48. The van der Waals surface area contributed by atoms with Crippen LogP contribution in [0.25, 0.3) is 0 Å². The molecule has 0 spiro atoms. The molecule has 0 saturated carbocycles. The van der Waals surface area contributed by atoms with Crippen LogP contribution in [0.2, 0.25) is 0 Å². The molecule has 0 aliphatic heterocycles. The predicted octanol–water partition coefficient (Wildman–Crippen LogP) is 4.27. The van der Waals surface area contributed by atoms with Crippen LogP contribution in [0.15, 0.2) is 60.0 Å². The quantitative estimate of drug-likeness (QED) is 0.528. The Labute approximate surface area is 175 Å². The highest BCUT2D eigenvalue weighted by atomic mass is 32.1. The monoisotopic (exact) mass is 429 g/mol. The molecule has 0 radical (unpaired) electrons. The van der Waals surface area contributed by atoms with Crippen molar-refractivity contribution in [1.29, 1.82) is 0 Å². The van der Waals surface area contributed by atoms with Gasteiger partial charge in [0.1, 0.15) is 11.6 Å². The number of hydrogen-bond acceptors (Lipinski definition) is 5. The van der Waals surface area contributed by atoms with Gasteiger partial charge in [0.2, 0.25) is 0 Å². The first-order chi connectivity index (χ1) is 14.0. The Morgan fingerprint density at radius 3 is 2.45 bits per heavy atom. The molecule has 29 heavy (non-hydrogen) atoms. The molecular formula is C20H16FN3O3S2. The molecule has 148 valence electrons. The lowest BCUT2D eigenvalue weighted by Gasteiger charge is -2.14. The van der Waals surface area contributed by atoms with Crippen LogP contribution in [0.4, 0.5) is 15.8 Å². The van der Waals surface area contributed by atoms with Crippen LogP contribution in [0.1, 0.15) is 20.0 Å². The third kappa shape index (κ3) is 5.37. The third-order valence-corrected chi connectivity index (χ3v) is 4.86. The Morgan fingerprint density at radius 1 is 1.03 bits per heavy atom. The van der Waals surface area contributed by atoms with Gasteiger partial charge in [-0.1, -0.05) is 6.07 Å². The number of benzene rings is 2. The highest BCUT2D eigenvalue weighted by Crippen LogP contribution is 2.28. The van der Waals surface area contributed by atoms with E-state index in [1.165, 1.54) is 42.7 Å². The first kappa shape index (κ1) is 20.4. The van der Waals surface area contributed by atoms with E-state index in [2.05, 4.69) is 16.0 Å². The van der Waals surface area contributed by atoms with E-state index < -0.39 is 11.7 Å². The minimum absolute atomic E-state index is 0.0664. The van der Waals surface area contributed by atoms with Crippen LogP contribution in [-0.4, -0.2) is 24.0 Å². The van der Waals surface area contributed by atoms with E-state index in [0.717, 1.165) is 0 Å². The molecule has 2 amide bonds. The normalized spacial score (nSPS) is 10.1. The summed E-state index contributed by atoms with van der Waals surface area (Å²) in [6.07, 6.45) is 0.